The lowest BCUT2D eigenvalue weighted by Gasteiger charge is -2.33. The summed E-state index contributed by atoms with van der Waals surface area (Å²) in [5, 5.41) is 4.60. The zero-order valence-corrected chi connectivity index (χ0v) is 16.5. The summed E-state index contributed by atoms with van der Waals surface area (Å²) in [5.74, 6) is 0.806. The van der Waals surface area contributed by atoms with E-state index in [9.17, 15) is 4.79 Å². The van der Waals surface area contributed by atoms with Gasteiger partial charge in [-0.3, -0.25) is 10.1 Å². The predicted octanol–water partition coefficient (Wildman–Crippen LogP) is 5.60. The largest absolute Gasteiger partial charge is 0.451 e. The number of hydrogen-bond acceptors (Lipinski definition) is 4. The van der Waals surface area contributed by atoms with Crippen LogP contribution >= 0.6 is 11.3 Å². The SMILES string of the molecule is Cc1c(C(=O)Nc2nc3c(s2)C[C@H](C(C)(C)C)CC3)oc2ccccc12. The van der Waals surface area contributed by atoms with Crippen molar-refractivity contribution in [3.63, 3.8) is 0 Å². The molecule has 1 aliphatic rings. The van der Waals surface area contributed by atoms with Crippen LogP contribution < -0.4 is 5.32 Å². The van der Waals surface area contributed by atoms with Crippen LogP contribution in [0.4, 0.5) is 5.13 Å². The van der Waals surface area contributed by atoms with Gasteiger partial charge in [0.15, 0.2) is 10.9 Å². The summed E-state index contributed by atoms with van der Waals surface area (Å²) in [7, 11) is 0. The number of amides is 1. The normalized spacial score (nSPS) is 17.3. The van der Waals surface area contributed by atoms with Gasteiger partial charge in [-0.05, 0) is 43.6 Å². The van der Waals surface area contributed by atoms with Crippen molar-refractivity contribution in [1.29, 1.82) is 0 Å². The highest BCUT2D eigenvalue weighted by Crippen LogP contribution is 2.40. The van der Waals surface area contributed by atoms with Crippen molar-refractivity contribution in [2.75, 3.05) is 5.32 Å². The molecular weight excluding hydrogens is 344 g/mol. The van der Waals surface area contributed by atoms with Gasteiger partial charge in [0.1, 0.15) is 5.58 Å². The number of thiazole rings is 1. The molecule has 4 nitrogen and oxygen atoms in total. The number of rotatable bonds is 2. The molecule has 1 N–H and O–H groups in total. The third kappa shape index (κ3) is 3.05. The first-order chi connectivity index (χ1) is 12.3. The van der Waals surface area contributed by atoms with Crippen LogP contribution in [0.1, 0.15) is 53.9 Å². The van der Waals surface area contributed by atoms with Crippen LogP contribution in [0.2, 0.25) is 0 Å². The lowest BCUT2D eigenvalue weighted by atomic mass is 9.73. The number of benzene rings is 1. The molecule has 0 radical (unpaired) electrons. The summed E-state index contributed by atoms with van der Waals surface area (Å²) in [6, 6.07) is 7.72. The second-order valence-electron chi connectivity index (χ2n) is 8.20. The minimum Gasteiger partial charge on any atom is -0.451 e. The van der Waals surface area contributed by atoms with Crippen LogP contribution in [0.25, 0.3) is 11.0 Å². The van der Waals surface area contributed by atoms with E-state index in [1.165, 1.54) is 4.88 Å². The molecule has 1 aromatic carbocycles. The van der Waals surface area contributed by atoms with Crippen molar-refractivity contribution < 1.29 is 9.21 Å². The number of para-hydroxylation sites is 1. The third-order valence-corrected chi connectivity index (χ3v) is 6.47. The van der Waals surface area contributed by atoms with Crippen LogP contribution in [-0.4, -0.2) is 10.9 Å². The van der Waals surface area contributed by atoms with Crippen molar-refractivity contribution >= 4 is 33.3 Å². The first-order valence-corrected chi connectivity index (χ1v) is 9.92. The molecule has 1 amide bonds. The summed E-state index contributed by atoms with van der Waals surface area (Å²) in [6.07, 6.45) is 3.21. The smallest absolute Gasteiger partial charge is 0.293 e. The highest BCUT2D eigenvalue weighted by atomic mass is 32.1. The van der Waals surface area contributed by atoms with Crippen LogP contribution in [0, 0.1) is 18.3 Å². The summed E-state index contributed by atoms with van der Waals surface area (Å²) in [4.78, 5) is 18.7. The number of aromatic nitrogens is 1. The summed E-state index contributed by atoms with van der Waals surface area (Å²) in [6.45, 7) is 8.83. The van der Waals surface area contributed by atoms with E-state index in [1.54, 1.807) is 11.3 Å². The molecule has 2 heterocycles. The van der Waals surface area contributed by atoms with Crippen molar-refractivity contribution in [3.05, 3.63) is 46.2 Å². The summed E-state index contributed by atoms with van der Waals surface area (Å²) >= 11 is 1.61. The Morgan fingerprint density at radius 3 is 2.81 bits per heavy atom. The Kier molecular flexibility index (Phi) is 4.14. The average molecular weight is 369 g/mol. The minimum atomic E-state index is -0.225. The predicted molar refractivity (Wildman–Crippen MR) is 106 cm³/mol. The standard InChI is InChI=1S/C21H24N2O2S/c1-12-14-7-5-6-8-16(14)25-18(12)19(24)23-20-22-15-10-9-13(21(2,3)4)11-17(15)26-20/h5-8,13H,9-11H2,1-4H3,(H,22,23,24)/t13-/m1/s1. The molecule has 26 heavy (non-hydrogen) atoms. The Morgan fingerprint density at radius 1 is 1.31 bits per heavy atom. The average Bonchev–Trinajstić information content (AvgIpc) is 3.14. The van der Waals surface area contributed by atoms with Crippen LogP contribution in [0.15, 0.2) is 28.7 Å². The van der Waals surface area contributed by atoms with E-state index in [2.05, 4.69) is 31.1 Å². The van der Waals surface area contributed by atoms with Gasteiger partial charge < -0.3 is 4.42 Å². The summed E-state index contributed by atoms with van der Waals surface area (Å²) < 4.78 is 5.76. The molecule has 0 spiro atoms. The van der Waals surface area contributed by atoms with Gasteiger partial charge in [-0.25, -0.2) is 4.98 Å². The molecule has 4 rings (SSSR count). The second-order valence-corrected chi connectivity index (χ2v) is 9.28. The lowest BCUT2D eigenvalue weighted by Crippen LogP contribution is -2.26. The van der Waals surface area contributed by atoms with Gasteiger partial charge >= 0.3 is 0 Å². The molecule has 0 bridgehead atoms. The molecule has 136 valence electrons. The lowest BCUT2D eigenvalue weighted by molar-refractivity contribution is 0.0998. The fourth-order valence-corrected chi connectivity index (χ4v) is 4.80. The van der Waals surface area contributed by atoms with Gasteiger partial charge in [0.2, 0.25) is 0 Å². The van der Waals surface area contributed by atoms with Crippen molar-refractivity contribution in [1.82, 2.24) is 4.98 Å². The van der Waals surface area contributed by atoms with Gasteiger partial charge in [-0.2, -0.15) is 0 Å². The number of fused-ring (bicyclic) bond motifs is 2. The zero-order chi connectivity index (χ0) is 18.5. The summed E-state index contributed by atoms with van der Waals surface area (Å²) in [5.41, 5.74) is 3.05. The Hall–Kier alpha value is -2.14. The number of hydrogen-bond donors (Lipinski definition) is 1. The van der Waals surface area contributed by atoms with E-state index in [1.807, 2.05) is 31.2 Å². The van der Waals surface area contributed by atoms with E-state index in [4.69, 9.17) is 4.42 Å². The van der Waals surface area contributed by atoms with Crippen LogP contribution in [0.5, 0.6) is 0 Å². The molecule has 3 aromatic rings. The van der Waals surface area contributed by atoms with Crippen molar-refractivity contribution in [3.8, 4) is 0 Å². The molecule has 0 fully saturated rings. The highest BCUT2D eigenvalue weighted by Gasteiger charge is 2.31. The second kappa shape index (κ2) is 6.23. The maximum absolute atomic E-state index is 12.7. The number of carbonyl (C=O) groups excluding carboxylic acids is 1. The molecule has 0 unspecified atom stereocenters. The van der Waals surface area contributed by atoms with E-state index < -0.39 is 0 Å². The first-order valence-electron chi connectivity index (χ1n) is 9.11. The monoisotopic (exact) mass is 368 g/mol. The molecule has 1 aliphatic carbocycles. The van der Waals surface area contributed by atoms with E-state index in [0.717, 1.165) is 41.5 Å². The number of nitrogens with one attached hydrogen (secondary N) is 1. The van der Waals surface area contributed by atoms with Gasteiger partial charge in [0.25, 0.3) is 5.91 Å². The quantitative estimate of drug-likeness (QED) is 0.640. The zero-order valence-electron chi connectivity index (χ0n) is 15.7. The first kappa shape index (κ1) is 17.3. The molecule has 0 saturated carbocycles. The Labute approximate surface area is 157 Å². The van der Waals surface area contributed by atoms with Crippen LogP contribution in [0.3, 0.4) is 0 Å². The van der Waals surface area contributed by atoms with Crippen LogP contribution in [-0.2, 0) is 12.8 Å². The topological polar surface area (TPSA) is 55.1 Å². The fourth-order valence-electron chi connectivity index (χ4n) is 3.71. The minimum absolute atomic E-state index is 0.225. The highest BCUT2D eigenvalue weighted by molar-refractivity contribution is 7.15. The molecular formula is C21H24N2O2S. The molecule has 0 aliphatic heterocycles. The molecule has 2 aromatic heterocycles. The number of carbonyl (C=O) groups is 1. The van der Waals surface area contributed by atoms with Gasteiger partial charge in [0, 0.05) is 15.8 Å². The molecule has 5 heteroatoms. The molecule has 1 atom stereocenters. The molecule has 0 saturated heterocycles. The maximum atomic E-state index is 12.7. The third-order valence-electron chi connectivity index (χ3n) is 5.43. The number of furan rings is 1. The Bertz CT molecular complexity index is 978. The van der Waals surface area contributed by atoms with E-state index >= 15 is 0 Å². The van der Waals surface area contributed by atoms with Gasteiger partial charge in [-0.1, -0.05) is 39.0 Å². The van der Waals surface area contributed by atoms with Gasteiger partial charge in [-0.15, -0.1) is 11.3 Å². The number of anilines is 1. The van der Waals surface area contributed by atoms with Crippen molar-refractivity contribution in [2.45, 2.75) is 47.0 Å². The van der Waals surface area contributed by atoms with Crippen molar-refractivity contribution in [2.24, 2.45) is 11.3 Å². The number of nitrogens with zero attached hydrogens (tertiary/aromatic N) is 1. The Morgan fingerprint density at radius 2 is 2.08 bits per heavy atom. The Balaban J connectivity index is 1.56. The maximum Gasteiger partial charge on any atom is 0.293 e. The number of aryl methyl sites for hydroxylation is 2. The van der Waals surface area contributed by atoms with E-state index in [-0.39, 0.29) is 5.91 Å². The van der Waals surface area contributed by atoms with E-state index in [0.29, 0.717) is 22.2 Å². The fraction of sp³-hybridized carbons (Fsp3) is 0.429. The van der Waals surface area contributed by atoms with Gasteiger partial charge in [0.05, 0.1) is 5.69 Å².